The Morgan fingerprint density at radius 1 is 1.20 bits per heavy atom. The van der Waals surface area contributed by atoms with Gasteiger partial charge in [0, 0.05) is 17.1 Å². The summed E-state index contributed by atoms with van der Waals surface area (Å²) >= 11 is 6.17. The van der Waals surface area contributed by atoms with Crippen molar-refractivity contribution in [2.24, 2.45) is 11.3 Å². The van der Waals surface area contributed by atoms with Crippen molar-refractivity contribution in [1.29, 1.82) is 0 Å². The summed E-state index contributed by atoms with van der Waals surface area (Å²) in [7, 11) is 0. The molecule has 0 fully saturated rings. The van der Waals surface area contributed by atoms with Crippen LogP contribution in [0.3, 0.4) is 0 Å². The van der Waals surface area contributed by atoms with Crippen LogP contribution in [-0.2, 0) is 6.42 Å². The van der Waals surface area contributed by atoms with E-state index in [1.54, 1.807) is 6.07 Å². The van der Waals surface area contributed by atoms with E-state index in [0.717, 1.165) is 18.5 Å². The molecule has 1 nitrogen and oxygen atoms in total. The van der Waals surface area contributed by atoms with Crippen molar-refractivity contribution >= 4 is 11.6 Å². The van der Waals surface area contributed by atoms with E-state index in [0.29, 0.717) is 10.9 Å². The van der Waals surface area contributed by atoms with Crippen LogP contribution in [0.5, 0.6) is 0 Å². The quantitative estimate of drug-likeness (QED) is 0.800. The average Bonchev–Trinajstić information content (AvgIpc) is 2.29. The van der Waals surface area contributed by atoms with Crippen molar-refractivity contribution in [2.45, 2.75) is 53.5 Å². The minimum absolute atomic E-state index is 0.0781. The molecule has 20 heavy (non-hydrogen) atoms. The van der Waals surface area contributed by atoms with Crippen LogP contribution < -0.4 is 5.32 Å². The Balaban J connectivity index is 2.91. The first-order chi connectivity index (χ1) is 9.03. The van der Waals surface area contributed by atoms with E-state index in [9.17, 15) is 4.39 Å². The van der Waals surface area contributed by atoms with Crippen molar-refractivity contribution < 1.29 is 4.39 Å². The maximum atomic E-state index is 13.1. The van der Waals surface area contributed by atoms with Gasteiger partial charge in [-0.2, -0.15) is 0 Å². The third-order valence-corrected chi connectivity index (χ3v) is 4.38. The van der Waals surface area contributed by atoms with Crippen LogP contribution in [0, 0.1) is 17.2 Å². The molecule has 0 saturated heterocycles. The Hall–Kier alpha value is -0.600. The highest BCUT2D eigenvalue weighted by molar-refractivity contribution is 6.31. The van der Waals surface area contributed by atoms with E-state index in [4.69, 9.17) is 11.6 Å². The molecular weight excluding hydrogens is 273 g/mol. The Labute approximate surface area is 127 Å². The molecule has 1 aromatic carbocycles. The highest BCUT2D eigenvalue weighted by atomic mass is 35.5. The first kappa shape index (κ1) is 17.5. The molecule has 0 aliphatic rings. The minimum Gasteiger partial charge on any atom is -0.312 e. The molecule has 0 aromatic heterocycles. The Morgan fingerprint density at radius 3 is 2.25 bits per heavy atom. The number of hydrogen-bond acceptors (Lipinski definition) is 1. The third-order valence-electron chi connectivity index (χ3n) is 4.03. The summed E-state index contributed by atoms with van der Waals surface area (Å²) in [5.41, 5.74) is 1.18. The standard InChI is InChI=1S/C17H27ClFN/c1-12(2)17(6,11-20-16(3,4)5)10-13-7-8-14(19)9-15(13)18/h7-9,12,20H,10-11H2,1-6H3. The van der Waals surface area contributed by atoms with E-state index in [1.165, 1.54) is 12.1 Å². The van der Waals surface area contributed by atoms with Crippen LogP contribution in [0.15, 0.2) is 18.2 Å². The number of halogens is 2. The molecule has 0 saturated carbocycles. The van der Waals surface area contributed by atoms with Crippen molar-refractivity contribution in [3.8, 4) is 0 Å². The molecule has 0 amide bonds. The van der Waals surface area contributed by atoms with Gasteiger partial charge in [0.1, 0.15) is 5.82 Å². The molecule has 1 N–H and O–H groups in total. The Kier molecular flexibility index (Phi) is 5.62. The Bertz CT molecular complexity index is 451. The van der Waals surface area contributed by atoms with Gasteiger partial charge < -0.3 is 5.32 Å². The zero-order valence-corrected chi connectivity index (χ0v) is 14.2. The van der Waals surface area contributed by atoms with Crippen LogP contribution >= 0.6 is 11.6 Å². The highest BCUT2D eigenvalue weighted by Crippen LogP contribution is 2.33. The van der Waals surface area contributed by atoms with Crippen LogP contribution in [0.25, 0.3) is 0 Å². The molecular formula is C17H27ClFN. The molecule has 114 valence electrons. The fourth-order valence-electron chi connectivity index (χ4n) is 2.04. The smallest absolute Gasteiger partial charge is 0.124 e. The van der Waals surface area contributed by atoms with Crippen LogP contribution in [0.1, 0.15) is 47.1 Å². The highest BCUT2D eigenvalue weighted by Gasteiger charge is 2.30. The van der Waals surface area contributed by atoms with E-state index in [1.807, 2.05) is 0 Å². The number of rotatable bonds is 5. The summed E-state index contributed by atoms with van der Waals surface area (Å²) < 4.78 is 13.1. The summed E-state index contributed by atoms with van der Waals surface area (Å²) in [5, 5.41) is 4.10. The monoisotopic (exact) mass is 299 g/mol. The molecule has 1 atom stereocenters. The molecule has 0 spiro atoms. The lowest BCUT2D eigenvalue weighted by Gasteiger charge is -2.37. The average molecular weight is 300 g/mol. The maximum Gasteiger partial charge on any atom is 0.124 e. The van der Waals surface area contributed by atoms with Crippen molar-refractivity contribution in [1.82, 2.24) is 5.32 Å². The maximum absolute atomic E-state index is 13.1. The normalized spacial score (nSPS) is 15.4. The molecule has 3 heteroatoms. The van der Waals surface area contributed by atoms with Gasteiger partial charge in [-0.15, -0.1) is 0 Å². The predicted octanol–water partition coefficient (Wildman–Crippen LogP) is 5.07. The molecule has 0 radical (unpaired) electrons. The van der Waals surface area contributed by atoms with E-state index in [2.05, 4.69) is 46.9 Å². The van der Waals surface area contributed by atoms with Gasteiger partial charge in [-0.25, -0.2) is 4.39 Å². The lowest BCUT2D eigenvalue weighted by Crippen LogP contribution is -2.45. The van der Waals surface area contributed by atoms with E-state index < -0.39 is 0 Å². The zero-order valence-electron chi connectivity index (χ0n) is 13.5. The number of hydrogen-bond donors (Lipinski definition) is 1. The number of benzene rings is 1. The molecule has 0 heterocycles. The zero-order chi connectivity index (χ0) is 15.6. The summed E-state index contributed by atoms with van der Waals surface area (Å²) in [6.45, 7) is 14.1. The Morgan fingerprint density at radius 2 is 1.80 bits per heavy atom. The molecule has 1 aromatic rings. The molecule has 1 rings (SSSR count). The third kappa shape index (κ3) is 5.06. The van der Waals surface area contributed by atoms with E-state index >= 15 is 0 Å². The molecule has 0 aliphatic carbocycles. The van der Waals surface area contributed by atoms with Gasteiger partial charge in [-0.3, -0.25) is 0 Å². The van der Waals surface area contributed by atoms with Crippen molar-refractivity contribution in [2.75, 3.05) is 6.54 Å². The molecule has 1 unspecified atom stereocenters. The van der Waals surface area contributed by atoms with Crippen molar-refractivity contribution in [3.63, 3.8) is 0 Å². The van der Waals surface area contributed by atoms with Gasteiger partial charge in [0.05, 0.1) is 0 Å². The van der Waals surface area contributed by atoms with Gasteiger partial charge in [0.25, 0.3) is 0 Å². The fraction of sp³-hybridized carbons (Fsp3) is 0.647. The number of nitrogens with one attached hydrogen (secondary N) is 1. The SMILES string of the molecule is CC(C)C(C)(CNC(C)(C)C)Cc1ccc(F)cc1Cl. The second kappa shape index (κ2) is 6.44. The van der Waals surface area contributed by atoms with E-state index in [-0.39, 0.29) is 16.8 Å². The first-order valence-electron chi connectivity index (χ1n) is 7.22. The van der Waals surface area contributed by atoms with Crippen LogP contribution in [-0.4, -0.2) is 12.1 Å². The second-order valence-electron chi connectivity index (χ2n) is 7.32. The van der Waals surface area contributed by atoms with Gasteiger partial charge in [-0.1, -0.05) is 38.4 Å². The van der Waals surface area contributed by atoms with Gasteiger partial charge in [-0.05, 0) is 56.2 Å². The predicted molar refractivity (Wildman–Crippen MR) is 85.8 cm³/mol. The van der Waals surface area contributed by atoms with Crippen LogP contribution in [0.2, 0.25) is 5.02 Å². The topological polar surface area (TPSA) is 12.0 Å². The molecule has 0 bridgehead atoms. The summed E-state index contributed by atoms with van der Waals surface area (Å²) in [5.74, 6) is 0.219. The van der Waals surface area contributed by atoms with Gasteiger partial charge in [0.2, 0.25) is 0 Å². The largest absolute Gasteiger partial charge is 0.312 e. The first-order valence-corrected chi connectivity index (χ1v) is 7.60. The summed E-state index contributed by atoms with van der Waals surface area (Å²) in [6.07, 6.45) is 0.840. The summed E-state index contributed by atoms with van der Waals surface area (Å²) in [4.78, 5) is 0. The van der Waals surface area contributed by atoms with Gasteiger partial charge >= 0.3 is 0 Å². The summed E-state index contributed by atoms with van der Waals surface area (Å²) in [6, 6.07) is 4.68. The fourth-order valence-corrected chi connectivity index (χ4v) is 2.27. The lowest BCUT2D eigenvalue weighted by atomic mass is 9.74. The van der Waals surface area contributed by atoms with Crippen LogP contribution in [0.4, 0.5) is 4.39 Å². The molecule has 0 aliphatic heterocycles. The second-order valence-corrected chi connectivity index (χ2v) is 7.73. The van der Waals surface area contributed by atoms with Crippen molar-refractivity contribution in [3.05, 3.63) is 34.6 Å². The van der Waals surface area contributed by atoms with Gasteiger partial charge in [0.15, 0.2) is 0 Å². The lowest BCUT2D eigenvalue weighted by molar-refractivity contribution is 0.188. The minimum atomic E-state index is -0.280.